The van der Waals surface area contributed by atoms with Crippen molar-refractivity contribution >= 4 is 21.8 Å². The fourth-order valence-electron chi connectivity index (χ4n) is 3.47. The van der Waals surface area contributed by atoms with Crippen LogP contribution < -0.4 is 0 Å². The predicted molar refractivity (Wildman–Crippen MR) is 95.8 cm³/mol. The summed E-state index contributed by atoms with van der Waals surface area (Å²) in [7, 11) is 0. The molecule has 4 rings (SSSR count). The van der Waals surface area contributed by atoms with Gasteiger partial charge in [0, 0.05) is 30.4 Å². The third-order valence-electron chi connectivity index (χ3n) is 4.94. The van der Waals surface area contributed by atoms with Gasteiger partial charge in [0.15, 0.2) is 5.79 Å². The van der Waals surface area contributed by atoms with Gasteiger partial charge in [-0.15, -0.1) is 0 Å². The Bertz CT molecular complexity index is 771. The Kier molecular flexibility index (Phi) is 4.39. The molecule has 2 aromatic rings. The number of amides is 1. The van der Waals surface area contributed by atoms with Crippen molar-refractivity contribution in [1.82, 2.24) is 14.7 Å². The quantitative estimate of drug-likeness (QED) is 0.770. The van der Waals surface area contributed by atoms with E-state index in [0.717, 1.165) is 28.7 Å². The maximum absolute atomic E-state index is 12.9. The molecule has 0 aliphatic carbocycles. The fraction of sp³-hybridized carbons (Fsp3) is 0.444. The number of halogens is 1. The van der Waals surface area contributed by atoms with E-state index in [-0.39, 0.29) is 5.91 Å². The highest BCUT2D eigenvalue weighted by Crippen LogP contribution is 2.32. The Morgan fingerprint density at radius 2 is 1.80 bits per heavy atom. The molecule has 25 heavy (non-hydrogen) atoms. The van der Waals surface area contributed by atoms with Crippen molar-refractivity contribution in [3.63, 3.8) is 0 Å². The number of rotatable bonds is 2. The zero-order valence-electron chi connectivity index (χ0n) is 14.1. The monoisotopic (exact) mass is 405 g/mol. The Hall–Kier alpha value is -1.70. The number of carbonyl (C=O) groups is 1. The topological polar surface area (TPSA) is 56.6 Å². The average Bonchev–Trinajstić information content (AvgIpc) is 3.23. The lowest BCUT2D eigenvalue weighted by atomic mass is 10.0. The van der Waals surface area contributed by atoms with E-state index in [9.17, 15) is 4.79 Å². The molecule has 0 saturated carbocycles. The van der Waals surface area contributed by atoms with Crippen LogP contribution in [0.3, 0.4) is 0 Å². The van der Waals surface area contributed by atoms with Crippen molar-refractivity contribution in [2.45, 2.75) is 25.6 Å². The molecule has 2 fully saturated rings. The van der Waals surface area contributed by atoms with Crippen LogP contribution in [0.15, 0.2) is 34.9 Å². The van der Waals surface area contributed by atoms with E-state index in [0.29, 0.717) is 31.9 Å². The van der Waals surface area contributed by atoms with Crippen molar-refractivity contribution in [1.29, 1.82) is 0 Å². The standard InChI is InChI=1S/C18H20BrN3O3/c1-13-16(12-20-22(13)15-4-2-14(19)3-5-15)17(23)21-8-6-18(7-9-21)24-10-11-25-18/h2-5,12H,6-11H2,1H3. The van der Waals surface area contributed by atoms with Crippen LogP contribution in [0.2, 0.25) is 0 Å². The zero-order valence-corrected chi connectivity index (χ0v) is 15.7. The summed E-state index contributed by atoms with van der Waals surface area (Å²) in [5.41, 5.74) is 2.43. The number of piperidine rings is 1. The molecule has 7 heteroatoms. The molecule has 2 saturated heterocycles. The van der Waals surface area contributed by atoms with Crippen LogP contribution >= 0.6 is 15.9 Å². The number of carbonyl (C=O) groups excluding carboxylic acids is 1. The van der Waals surface area contributed by atoms with Crippen molar-refractivity contribution in [2.24, 2.45) is 0 Å². The van der Waals surface area contributed by atoms with Gasteiger partial charge in [0.05, 0.1) is 36.4 Å². The second-order valence-corrected chi connectivity index (χ2v) is 7.35. The van der Waals surface area contributed by atoms with Crippen molar-refractivity contribution in [3.8, 4) is 5.69 Å². The van der Waals surface area contributed by atoms with Crippen LogP contribution in [0.4, 0.5) is 0 Å². The van der Waals surface area contributed by atoms with E-state index in [2.05, 4.69) is 21.0 Å². The Morgan fingerprint density at radius 3 is 2.44 bits per heavy atom. The van der Waals surface area contributed by atoms with Crippen LogP contribution in [0.5, 0.6) is 0 Å². The maximum Gasteiger partial charge on any atom is 0.257 e. The van der Waals surface area contributed by atoms with Gasteiger partial charge >= 0.3 is 0 Å². The van der Waals surface area contributed by atoms with Crippen LogP contribution in [0, 0.1) is 6.92 Å². The molecule has 132 valence electrons. The first-order chi connectivity index (χ1) is 12.1. The van der Waals surface area contributed by atoms with Gasteiger partial charge in [0.25, 0.3) is 5.91 Å². The number of aromatic nitrogens is 2. The molecule has 0 atom stereocenters. The molecule has 2 aliphatic rings. The SMILES string of the molecule is Cc1c(C(=O)N2CCC3(CC2)OCCO3)cnn1-c1ccc(Br)cc1. The Labute approximate surface area is 154 Å². The first-order valence-electron chi connectivity index (χ1n) is 8.46. The summed E-state index contributed by atoms with van der Waals surface area (Å²) < 4.78 is 14.3. The molecule has 0 N–H and O–H groups in total. The lowest BCUT2D eigenvalue weighted by molar-refractivity contribution is -0.181. The first kappa shape index (κ1) is 16.8. The van der Waals surface area contributed by atoms with Gasteiger partial charge in [0.1, 0.15) is 0 Å². The number of likely N-dealkylation sites (tertiary alicyclic amines) is 1. The van der Waals surface area contributed by atoms with Gasteiger partial charge in [-0.05, 0) is 31.2 Å². The third-order valence-corrected chi connectivity index (χ3v) is 5.47. The Balaban J connectivity index is 1.50. The number of hydrogen-bond donors (Lipinski definition) is 0. The van der Waals surface area contributed by atoms with Crippen molar-refractivity contribution in [2.75, 3.05) is 26.3 Å². The fourth-order valence-corrected chi connectivity index (χ4v) is 3.73. The van der Waals surface area contributed by atoms with Gasteiger partial charge in [-0.3, -0.25) is 4.79 Å². The average molecular weight is 406 g/mol. The third kappa shape index (κ3) is 3.12. The van der Waals surface area contributed by atoms with E-state index in [4.69, 9.17) is 9.47 Å². The minimum Gasteiger partial charge on any atom is -0.347 e. The summed E-state index contributed by atoms with van der Waals surface area (Å²) in [6.45, 7) is 4.50. The van der Waals surface area contributed by atoms with Crippen molar-refractivity contribution in [3.05, 3.63) is 46.2 Å². The molecule has 1 amide bonds. The second-order valence-electron chi connectivity index (χ2n) is 6.43. The highest BCUT2D eigenvalue weighted by Gasteiger charge is 2.41. The van der Waals surface area contributed by atoms with Gasteiger partial charge in [-0.25, -0.2) is 4.68 Å². The van der Waals surface area contributed by atoms with Crippen LogP contribution in [-0.2, 0) is 9.47 Å². The highest BCUT2D eigenvalue weighted by molar-refractivity contribution is 9.10. The van der Waals surface area contributed by atoms with Crippen LogP contribution in [0.1, 0.15) is 28.9 Å². The summed E-state index contributed by atoms with van der Waals surface area (Å²) in [5.74, 6) is -0.443. The van der Waals surface area contributed by atoms with E-state index < -0.39 is 5.79 Å². The molecule has 3 heterocycles. The first-order valence-corrected chi connectivity index (χ1v) is 9.25. The minimum atomic E-state index is -0.465. The van der Waals surface area contributed by atoms with Gasteiger partial charge in [0.2, 0.25) is 0 Å². The lowest BCUT2D eigenvalue weighted by Gasteiger charge is -2.37. The molecule has 0 unspecified atom stereocenters. The van der Waals surface area contributed by atoms with Gasteiger partial charge in [-0.2, -0.15) is 5.10 Å². The molecule has 1 spiro atoms. The molecule has 1 aromatic heterocycles. The molecule has 2 aliphatic heterocycles. The van der Waals surface area contributed by atoms with Gasteiger partial charge < -0.3 is 14.4 Å². The Morgan fingerprint density at radius 1 is 1.16 bits per heavy atom. The second kappa shape index (κ2) is 6.55. The summed E-state index contributed by atoms with van der Waals surface area (Å²) in [6.07, 6.45) is 3.10. The maximum atomic E-state index is 12.9. The molecule has 6 nitrogen and oxygen atoms in total. The smallest absolute Gasteiger partial charge is 0.257 e. The van der Waals surface area contributed by atoms with E-state index in [1.807, 2.05) is 36.1 Å². The molecule has 0 radical (unpaired) electrons. The highest BCUT2D eigenvalue weighted by atomic mass is 79.9. The summed E-state index contributed by atoms with van der Waals surface area (Å²) >= 11 is 3.43. The zero-order chi connectivity index (χ0) is 17.4. The van der Waals surface area contributed by atoms with E-state index in [1.165, 1.54) is 0 Å². The molecule has 1 aromatic carbocycles. The molecular formula is C18H20BrN3O3. The van der Waals surface area contributed by atoms with Gasteiger partial charge in [-0.1, -0.05) is 15.9 Å². The summed E-state index contributed by atoms with van der Waals surface area (Å²) in [5, 5.41) is 4.41. The normalized spacial score (nSPS) is 19.5. The van der Waals surface area contributed by atoms with Crippen molar-refractivity contribution < 1.29 is 14.3 Å². The van der Waals surface area contributed by atoms with Crippen LogP contribution in [-0.4, -0.2) is 52.7 Å². The minimum absolute atomic E-state index is 0.0220. The number of benzene rings is 1. The molecular weight excluding hydrogens is 386 g/mol. The number of ether oxygens (including phenoxy) is 2. The predicted octanol–water partition coefficient (Wildman–Crippen LogP) is 2.92. The van der Waals surface area contributed by atoms with E-state index in [1.54, 1.807) is 10.9 Å². The summed E-state index contributed by atoms with van der Waals surface area (Å²) in [4.78, 5) is 14.8. The summed E-state index contributed by atoms with van der Waals surface area (Å²) in [6, 6.07) is 7.86. The number of nitrogens with zero attached hydrogens (tertiary/aromatic N) is 3. The van der Waals surface area contributed by atoms with Crippen LogP contribution in [0.25, 0.3) is 5.69 Å². The lowest BCUT2D eigenvalue weighted by Crippen LogP contribution is -2.47. The van der Waals surface area contributed by atoms with E-state index >= 15 is 0 Å². The molecule has 0 bridgehead atoms. The number of hydrogen-bond acceptors (Lipinski definition) is 4. The largest absolute Gasteiger partial charge is 0.347 e.